The highest BCUT2D eigenvalue weighted by molar-refractivity contribution is 6.07. The van der Waals surface area contributed by atoms with Gasteiger partial charge in [0.05, 0.1) is 29.7 Å². The molecule has 182 valence electrons. The van der Waals surface area contributed by atoms with E-state index in [0.717, 1.165) is 24.1 Å². The van der Waals surface area contributed by atoms with Gasteiger partial charge in [-0.1, -0.05) is 23.4 Å². The highest BCUT2D eigenvalue weighted by Crippen LogP contribution is 2.31. The molecule has 0 atom stereocenters. The summed E-state index contributed by atoms with van der Waals surface area (Å²) in [6.07, 6.45) is 6.68. The van der Waals surface area contributed by atoms with E-state index in [1.807, 2.05) is 0 Å². The predicted octanol–water partition coefficient (Wildman–Crippen LogP) is 4.27. The molecule has 1 aromatic carbocycles. The van der Waals surface area contributed by atoms with Crippen LogP contribution in [-0.2, 0) is 6.54 Å². The largest absolute Gasteiger partial charge is 0.486 e. The van der Waals surface area contributed by atoms with Gasteiger partial charge < -0.3 is 15.8 Å². The fourth-order valence-electron chi connectivity index (χ4n) is 3.74. The average molecular weight is 487 g/mol. The van der Waals surface area contributed by atoms with Crippen molar-refractivity contribution < 1.29 is 9.13 Å². The summed E-state index contributed by atoms with van der Waals surface area (Å²) in [5.41, 5.74) is 9.75. The minimum atomic E-state index is -0.300. The Kier molecular flexibility index (Phi) is 7.87. The monoisotopic (exact) mass is 486 g/mol. The van der Waals surface area contributed by atoms with Crippen LogP contribution in [0.3, 0.4) is 0 Å². The summed E-state index contributed by atoms with van der Waals surface area (Å²) in [4.78, 5) is 27.9. The lowest BCUT2D eigenvalue weighted by Gasteiger charge is -2.14. The maximum Gasteiger partial charge on any atom is 0.180 e. The second kappa shape index (κ2) is 11.6. The third kappa shape index (κ3) is 5.67. The number of benzene rings is 1. The Bertz CT molecular complexity index is 1370. The second-order valence-corrected chi connectivity index (χ2v) is 7.87. The molecule has 10 nitrogen and oxygen atoms in total. The number of hydrogen-bond donors (Lipinski definition) is 2. The van der Waals surface area contributed by atoms with Crippen LogP contribution < -0.4 is 15.8 Å². The number of nitriles is 1. The Balaban J connectivity index is 1.67. The van der Waals surface area contributed by atoms with Gasteiger partial charge in [0, 0.05) is 23.7 Å². The Morgan fingerprint density at radius 2 is 2.11 bits per heavy atom. The van der Waals surface area contributed by atoms with Gasteiger partial charge in [-0.05, 0) is 37.0 Å². The molecule has 4 rings (SSSR count). The van der Waals surface area contributed by atoms with Crippen molar-refractivity contribution in [2.75, 3.05) is 18.5 Å². The molecule has 0 spiro atoms. The van der Waals surface area contributed by atoms with Crippen LogP contribution in [0.25, 0.3) is 5.70 Å². The van der Waals surface area contributed by atoms with E-state index in [1.165, 1.54) is 24.7 Å². The van der Waals surface area contributed by atoms with Crippen molar-refractivity contribution >= 4 is 22.9 Å². The van der Waals surface area contributed by atoms with Gasteiger partial charge in [-0.3, -0.25) is 9.98 Å². The molecule has 0 amide bonds. The number of aliphatic imine (C=N–C) groups is 1. The smallest absolute Gasteiger partial charge is 0.180 e. The van der Waals surface area contributed by atoms with E-state index >= 15 is 0 Å². The van der Waals surface area contributed by atoms with Crippen molar-refractivity contribution in [2.24, 2.45) is 15.9 Å². The fourth-order valence-corrected chi connectivity index (χ4v) is 3.74. The molecule has 3 N–H and O–H groups in total. The molecule has 1 aliphatic rings. The Labute approximate surface area is 206 Å². The molecule has 0 bridgehead atoms. The number of aromatic nitrogens is 3. The molecule has 1 aliphatic carbocycles. The first-order chi connectivity index (χ1) is 17.6. The van der Waals surface area contributed by atoms with E-state index in [9.17, 15) is 14.6 Å². The molecule has 0 unspecified atom stereocenters. The van der Waals surface area contributed by atoms with Crippen LogP contribution >= 0.6 is 0 Å². The van der Waals surface area contributed by atoms with Crippen molar-refractivity contribution in [1.82, 2.24) is 15.0 Å². The van der Waals surface area contributed by atoms with E-state index in [2.05, 4.69) is 36.5 Å². The second-order valence-electron chi connectivity index (χ2n) is 7.87. The predicted molar refractivity (Wildman–Crippen MR) is 133 cm³/mol. The van der Waals surface area contributed by atoms with Crippen LogP contribution in [-0.4, -0.2) is 33.8 Å². The zero-order chi connectivity index (χ0) is 25.3. The lowest BCUT2D eigenvalue weighted by atomic mass is 10.1. The topological polar surface area (TPSA) is 152 Å². The van der Waals surface area contributed by atoms with Crippen LogP contribution in [0.4, 0.5) is 15.9 Å². The van der Waals surface area contributed by atoms with Gasteiger partial charge in [0.2, 0.25) is 0 Å². The van der Waals surface area contributed by atoms with Gasteiger partial charge in [-0.25, -0.2) is 14.4 Å². The minimum absolute atomic E-state index is 0.0335. The molecule has 0 saturated heterocycles. The minimum Gasteiger partial charge on any atom is -0.486 e. The molecule has 2 aromatic heterocycles. The number of nitrogens with two attached hydrogens (primary N) is 1. The first-order valence-corrected chi connectivity index (χ1v) is 11.3. The van der Waals surface area contributed by atoms with Crippen molar-refractivity contribution in [3.8, 4) is 11.8 Å². The van der Waals surface area contributed by atoms with E-state index < -0.39 is 0 Å². The van der Waals surface area contributed by atoms with Crippen molar-refractivity contribution in [3.05, 3.63) is 82.2 Å². The Morgan fingerprint density at radius 3 is 2.92 bits per heavy atom. The summed E-state index contributed by atoms with van der Waals surface area (Å²) in [6.45, 7) is 0.197. The van der Waals surface area contributed by atoms with Gasteiger partial charge in [0.25, 0.3) is 0 Å². The highest BCUT2D eigenvalue weighted by atomic mass is 19.1. The summed E-state index contributed by atoms with van der Waals surface area (Å²) in [5, 5.41) is 15.3. The first-order valence-electron chi connectivity index (χ1n) is 11.3. The number of nitroso groups, excluding NO2 is 1. The number of hydrogen-bond acceptors (Lipinski definition) is 10. The Morgan fingerprint density at radius 1 is 1.25 bits per heavy atom. The standard InChI is InChI=1S/C25H23FN8O2/c26-19-6-2-1-4-16(19)14-30-21-7-3-5-18(21)23(28)25-31-15-22(36-11-10-32-35)24(34-25)33-20-8-9-29-13-17(20)12-27/h1-2,4,6,8-9,13,15H,3,5,7,10-11,14,28H2,(H,29,31,33,34). The SMILES string of the molecule is N#Cc1cnccc1Nc1nc(C(N)=C2CCCC2=NCc2ccccc2F)ncc1OCCN=O. The summed E-state index contributed by atoms with van der Waals surface area (Å²) < 4.78 is 19.6. The third-order valence-electron chi connectivity index (χ3n) is 5.54. The molecule has 0 aliphatic heterocycles. The van der Waals surface area contributed by atoms with Gasteiger partial charge >= 0.3 is 0 Å². The molecular formula is C25H23FN8O2. The van der Waals surface area contributed by atoms with E-state index in [0.29, 0.717) is 28.9 Å². The number of pyridine rings is 1. The number of allylic oxidation sites excluding steroid dienone is 1. The maximum absolute atomic E-state index is 14.0. The zero-order valence-electron chi connectivity index (χ0n) is 19.3. The number of rotatable bonds is 9. The van der Waals surface area contributed by atoms with E-state index in [4.69, 9.17) is 10.5 Å². The number of ether oxygens (including phenoxy) is 1. The van der Waals surface area contributed by atoms with E-state index in [-0.39, 0.29) is 42.9 Å². The van der Waals surface area contributed by atoms with Crippen LogP contribution in [0, 0.1) is 22.1 Å². The van der Waals surface area contributed by atoms with Crippen LogP contribution in [0.1, 0.15) is 36.2 Å². The summed E-state index contributed by atoms with van der Waals surface area (Å²) in [6, 6.07) is 10.2. The number of nitrogens with zero attached hydrogens (tertiary/aromatic N) is 6. The van der Waals surface area contributed by atoms with Gasteiger partial charge in [0.1, 0.15) is 25.0 Å². The van der Waals surface area contributed by atoms with Crippen molar-refractivity contribution in [2.45, 2.75) is 25.8 Å². The number of halogens is 1. The maximum atomic E-state index is 14.0. The lowest BCUT2D eigenvalue weighted by molar-refractivity contribution is 0.327. The summed E-state index contributed by atoms with van der Waals surface area (Å²) >= 11 is 0. The average Bonchev–Trinajstić information content (AvgIpc) is 3.37. The van der Waals surface area contributed by atoms with Crippen LogP contribution in [0.2, 0.25) is 0 Å². The molecule has 1 fully saturated rings. The van der Waals surface area contributed by atoms with Crippen molar-refractivity contribution in [1.29, 1.82) is 5.26 Å². The molecule has 2 heterocycles. The molecule has 1 saturated carbocycles. The quantitative estimate of drug-likeness (QED) is 0.336. The first kappa shape index (κ1) is 24.4. The Hall–Kier alpha value is -4.72. The van der Waals surface area contributed by atoms with Crippen LogP contribution in [0.5, 0.6) is 5.75 Å². The fraction of sp³-hybridized carbons (Fsp3) is 0.240. The van der Waals surface area contributed by atoms with Gasteiger partial charge in [-0.15, -0.1) is 0 Å². The molecule has 3 aromatic rings. The highest BCUT2D eigenvalue weighted by Gasteiger charge is 2.22. The summed E-state index contributed by atoms with van der Waals surface area (Å²) in [5.74, 6) is 0.479. The third-order valence-corrected chi connectivity index (χ3v) is 5.54. The molecule has 36 heavy (non-hydrogen) atoms. The van der Waals surface area contributed by atoms with E-state index in [1.54, 1.807) is 24.3 Å². The number of anilines is 2. The van der Waals surface area contributed by atoms with Crippen molar-refractivity contribution in [3.63, 3.8) is 0 Å². The summed E-state index contributed by atoms with van der Waals surface area (Å²) in [7, 11) is 0. The molecular weight excluding hydrogens is 463 g/mol. The van der Waals surface area contributed by atoms with Gasteiger partial charge in [-0.2, -0.15) is 10.2 Å². The normalized spacial score (nSPS) is 15.4. The zero-order valence-corrected chi connectivity index (χ0v) is 19.3. The molecule has 11 heteroatoms. The van der Waals surface area contributed by atoms with Gasteiger partial charge in [0.15, 0.2) is 17.4 Å². The lowest BCUT2D eigenvalue weighted by Crippen LogP contribution is -2.12. The van der Waals surface area contributed by atoms with Crippen LogP contribution in [0.15, 0.2) is 64.7 Å². The number of nitrogens with one attached hydrogen (secondary N) is 1. The molecule has 0 radical (unpaired) electrons.